The number of hydrogen-bond acceptors (Lipinski definition) is 3. The van der Waals surface area contributed by atoms with E-state index in [9.17, 15) is 4.79 Å². The summed E-state index contributed by atoms with van der Waals surface area (Å²) in [5.74, 6) is 0. The number of anilines is 1. The summed E-state index contributed by atoms with van der Waals surface area (Å²) in [5.41, 5.74) is 1.35. The number of carbonyl (C=O) groups is 1. The second kappa shape index (κ2) is 6.43. The first kappa shape index (κ1) is 15.1. The number of aryl methyl sites for hydroxylation is 2. The van der Waals surface area contributed by atoms with Gasteiger partial charge in [0.1, 0.15) is 5.60 Å². The number of para-hydroxylation sites is 1. The van der Waals surface area contributed by atoms with Gasteiger partial charge in [-0.3, -0.25) is 5.32 Å². The minimum atomic E-state index is -0.504. The summed E-state index contributed by atoms with van der Waals surface area (Å²) in [6.07, 6.45) is 5.83. The summed E-state index contributed by atoms with van der Waals surface area (Å²) in [5, 5.41) is 2.81. The average molecular weight is 287 g/mol. The first-order valence-corrected chi connectivity index (χ1v) is 6.98. The summed E-state index contributed by atoms with van der Waals surface area (Å²) >= 11 is 0. The number of ether oxygens (including phenoxy) is 1. The van der Waals surface area contributed by atoms with Crippen LogP contribution in [0.25, 0.3) is 0 Å². The molecule has 0 aliphatic heterocycles. The van der Waals surface area contributed by atoms with Crippen molar-refractivity contribution in [2.45, 2.75) is 39.3 Å². The van der Waals surface area contributed by atoms with Crippen LogP contribution in [0.3, 0.4) is 0 Å². The number of carbonyl (C=O) groups excluding carboxylic acids is 1. The van der Waals surface area contributed by atoms with Gasteiger partial charge in [-0.15, -0.1) is 0 Å². The maximum absolute atomic E-state index is 11.9. The van der Waals surface area contributed by atoms with Gasteiger partial charge in [0.15, 0.2) is 0 Å². The first-order chi connectivity index (χ1) is 9.94. The van der Waals surface area contributed by atoms with Crippen LogP contribution in [0.15, 0.2) is 43.0 Å². The van der Waals surface area contributed by atoms with Gasteiger partial charge in [0, 0.05) is 24.6 Å². The maximum atomic E-state index is 11.9. The molecule has 0 aliphatic rings. The quantitative estimate of drug-likeness (QED) is 0.936. The summed E-state index contributed by atoms with van der Waals surface area (Å²) in [6.45, 7) is 6.35. The minimum absolute atomic E-state index is 0.433. The molecule has 21 heavy (non-hydrogen) atoms. The zero-order valence-corrected chi connectivity index (χ0v) is 12.7. The highest BCUT2D eigenvalue weighted by atomic mass is 16.6. The van der Waals surface area contributed by atoms with Crippen LogP contribution in [-0.2, 0) is 17.7 Å². The predicted molar refractivity (Wildman–Crippen MR) is 82.2 cm³/mol. The molecule has 5 nitrogen and oxygen atoms in total. The van der Waals surface area contributed by atoms with Crippen molar-refractivity contribution in [1.29, 1.82) is 0 Å². The molecular formula is C16H21N3O2. The van der Waals surface area contributed by atoms with E-state index < -0.39 is 11.7 Å². The van der Waals surface area contributed by atoms with Gasteiger partial charge in [-0.05, 0) is 38.8 Å². The van der Waals surface area contributed by atoms with Crippen LogP contribution in [0.5, 0.6) is 0 Å². The Morgan fingerprint density at radius 1 is 1.33 bits per heavy atom. The molecule has 1 aromatic carbocycles. The van der Waals surface area contributed by atoms with Crippen molar-refractivity contribution < 1.29 is 9.53 Å². The normalized spacial score (nSPS) is 11.2. The molecule has 1 amide bonds. The summed E-state index contributed by atoms with van der Waals surface area (Å²) < 4.78 is 7.29. The van der Waals surface area contributed by atoms with Crippen LogP contribution in [-0.4, -0.2) is 21.2 Å². The first-order valence-electron chi connectivity index (χ1n) is 6.98. The molecule has 0 spiro atoms. The van der Waals surface area contributed by atoms with E-state index in [0.29, 0.717) is 0 Å². The Balaban J connectivity index is 2.01. The fourth-order valence-corrected chi connectivity index (χ4v) is 1.94. The van der Waals surface area contributed by atoms with Gasteiger partial charge in [0.25, 0.3) is 0 Å². The van der Waals surface area contributed by atoms with Crippen LogP contribution >= 0.6 is 0 Å². The SMILES string of the molecule is CC(C)(C)OC(=O)Nc1ccccc1CCn1ccnc1. The molecule has 1 heterocycles. The third kappa shape index (κ3) is 4.95. The highest BCUT2D eigenvalue weighted by Crippen LogP contribution is 2.18. The monoisotopic (exact) mass is 287 g/mol. The van der Waals surface area contributed by atoms with Crippen LogP contribution in [0.2, 0.25) is 0 Å². The van der Waals surface area contributed by atoms with E-state index in [0.717, 1.165) is 24.2 Å². The van der Waals surface area contributed by atoms with E-state index in [-0.39, 0.29) is 0 Å². The third-order valence-corrected chi connectivity index (χ3v) is 2.85. The molecule has 1 aromatic heterocycles. The number of amides is 1. The molecule has 5 heteroatoms. The minimum Gasteiger partial charge on any atom is -0.444 e. The van der Waals surface area contributed by atoms with Crippen molar-refractivity contribution in [2.24, 2.45) is 0 Å². The van der Waals surface area contributed by atoms with Gasteiger partial charge >= 0.3 is 6.09 Å². The Hall–Kier alpha value is -2.30. The maximum Gasteiger partial charge on any atom is 0.412 e. The molecule has 0 aliphatic carbocycles. The Labute approximate surface area is 125 Å². The van der Waals surface area contributed by atoms with Gasteiger partial charge in [-0.2, -0.15) is 0 Å². The highest BCUT2D eigenvalue weighted by Gasteiger charge is 2.16. The molecule has 112 valence electrons. The number of nitrogens with zero attached hydrogens (tertiary/aromatic N) is 2. The van der Waals surface area contributed by atoms with E-state index in [4.69, 9.17) is 4.74 Å². The van der Waals surface area contributed by atoms with Crippen molar-refractivity contribution in [3.63, 3.8) is 0 Å². The van der Waals surface area contributed by atoms with E-state index >= 15 is 0 Å². The van der Waals surface area contributed by atoms with E-state index in [1.54, 1.807) is 12.5 Å². The van der Waals surface area contributed by atoms with Crippen molar-refractivity contribution in [3.05, 3.63) is 48.5 Å². The Bertz CT molecular complexity index is 586. The van der Waals surface area contributed by atoms with E-state index in [1.165, 1.54) is 0 Å². The fraction of sp³-hybridized carbons (Fsp3) is 0.375. The topological polar surface area (TPSA) is 56.1 Å². The zero-order valence-electron chi connectivity index (χ0n) is 12.7. The highest BCUT2D eigenvalue weighted by molar-refractivity contribution is 5.85. The Morgan fingerprint density at radius 2 is 2.10 bits per heavy atom. The standard InChI is InChI=1S/C16H21N3O2/c1-16(2,3)21-15(20)18-14-7-5-4-6-13(14)8-10-19-11-9-17-12-19/h4-7,9,11-12H,8,10H2,1-3H3,(H,18,20). The summed E-state index contributed by atoms with van der Waals surface area (Å²) in [7, 11) is 0. The predicted octanol–water partition coefficient (Wildman–Crippen LogP) is 3.47. The van der Waals surface area contributed by atoms with Crippen LogP contribution < -0.4 is 5.32 Å². The fourth-order valence-electron chi connectivity index (χ4n) is 1.94. The zero-order chi connectivity index (χ0) is 15.3. The molecule has 1 N–H and O–H groups in total. The molecule has 0 saturated heterocycles. The molecule has 2 rings (SSSR count). The largest absolute Gasteiger partial charge is 0.444 e. The number of imidazole rings is 1. The number of nitrogens with one attached hydrogen (secondary N) is 1. The lowest BCUT2D eigenvalue weighted by Gasteiger charge is -2.20. The molecule has 0 unspecified atom stereocenters. The lowest BCUT2D eigenvalue weighted by Crippen LogP contribution is -2.27. The van der Waals surface area contributed by atoms with Crippen LogP contribution in [0.4, 0.5) is 10.5 Å². The summed E-state index contributed by atoms with van der Waals surface area (Å²) in [6, 6.07) is 7.74. The Kier molecular flexibility index (Phi) is 4.62. The van der Waals surface area contributed by atoms with Gasteiger partial charge in [-0.1, -0.05) is 18.2 Å². The molecule has 0 saturated carbocycles. The molecule has 0 bridgehead atoms. The van der Waals surface area contributed by atoms with Crippen molar-refractivity contribution in [3.8, 4) is 0 Å². The average Bonchev–Trinajstić information content (AvgIpc) is 2.88. The molecular weight excluding hydrogens is 266 g/mol. The lowest BCUT2D eigenvalue weighted by atomic mass is 10.1. The summed E-state index contributed by atoms with van der Waals surface area (Å²) in [4.78, 5) is 15.9. The number of rotatable bonds is 4. The van der Waals surface area contributed by atoms with Gasteiger partial charge in [0.05, 0.1) is 6.33 Å². The van der Waals surface area contributed by atoms with Gasteiger partial charge in [-0.25, -0.2) is 9.78 Å². The van der Waals surface area contributed by atoms with Crippen LogP contribution in [0, 0.1) is 0 Å². The van der Waals surface area contributed by atoms with Gasteiger partial charge < -0.3 is 9.30 Å². The molecule has 0 radical (unpaired) electrons. The molecule has 0 fully saturated rings. The molecule has 2 aromatic rings. The van der Waals surface area contributed by atoms with E-state index in [1.807, 2.05) is 55.8 Å². The second-order valence-corrected chi connectivity index (χ2v) is 5.83. The lowest BCUT2D eigenvalue weighted by molar-refractivity contribution is 0.0636. The number of hydrogen-bond donors (Lipinski definition) is 1. The third-order valence-electron chi connectivity index (χ3n) is 2.85. The number of aromatic nitrogens is 2. The van der Waals surface area contributed by atoms with Crippen molar-refractivity contribution in [1.82, 2.24) is 9.55 Å². The molecule has 0 atom stereocenters. The van der Waals surface area contributed by atoms with E-state index in [2.05, 4.69) is 10.3 Å². The van der Waals surface area contributed by atoms with Crippen LogP contribution in [0.1, 0.15) is 26.3 Å². The smallest absolute Gasteiger partial charge is 0.412 e. The van der Waals surface area contributed by atoms with Gasteiger partial charge in [0.2, 0.25) is 0 Å². The number of benzene rings is 1. The second-order valence-electron chi connectivity index (χ2n) is 5.83. The Morgan fingerprint density at radius 3 is 2.76 bits per heavy atom. The van der Waals surface area contributed by atoms with Crippen molar-refractivity contribution in [2.75, 3.05) is 5.32 Å². The van der Waals surface area contributed by atoms with Crippen molar-refractivity contribution >= 4 is 11.8 Å².